The van der Waals surface area contributed by atoms with Gasteiger partial charge in [0, 0.05) is 16.0 Å². The Morgan fingerprint density at radius 3 is 2.60 bits per heavy atom. The second kappa shape index (κ2) is 6.56. The number of nitriles is 1. The van der Waals surface area contributed by atoms with Crippen LogP contribution in [0.3, 0.4) is 0 Å². The van der Waals surface area contributed by atoms with Crippen molar-refractivity contribution in [1.82, 2.24) is 0 Å². The number of nitrogens with one attached hydrogen (secondary N) is 1. The molecule has 0 saturated heterocycles. The largest absolute Gasteiger partial charge is 0.314 e. The van der Waals surface area contributed by atoms with Gasteiger partial charge in [0.05, 0.1) is 11.3 Å². The molecule has 96 valence electrons. The molecule has 0 aliphatic carbocycles. The molecular weight excluding hydrogens is 316 g/mol. The van der Waals surface area contributed by atoms with Crippen molar-refractivity contribution in [2.45, 2.75) is 0 Å². The Morgan fingerprint density at radius 2 is 1.90 bits per heavy atom. The minimum absolute atomic E-state index is 0.392. The van der Waals surface area contributed by atoms with E-state index in [1.54, 1.807) is 18.2 Å². The van der Waals surface area contributed by atoms with Crippen LogP contribution in [0, 0.1) is 23.2 Å². The van der Waals surface area contributed by atoms with E-state index in [9.17, 15) is 4.79 Å². The predicted octanol–water partition coefficient (Wildman–Crippen LogP) is 3.31. The van der Waals surface area contributed by atoms with E-state index in [4.69, 9.17) is 5.26 Å². The highest BCUT2D eigenvalue weighted by atomic mass is 79.9. The first-order valence-electron chi connectivity index (χ1n) is 5.77. The zero-order chi connectivity index (χ0) is 14.4. The molecule has 0 atom stereocenters. The Morgan fingerprint density at radius 1 is 1.15 bits per heavy atom. The number of carbonyl (C=O) groups excluding carboxylic acids is 1. The van der Waals surface area contributed by atoms with E-state index in [2.05, 4.69) is 33.1 Å². The lowest BCUT2D eigenvalue weighted by molar-refractivity contribution is -0.111. The van der Waals surface area contributed by atoms with Gasteiger partial charge in [0.1, 0.15) is 6.07 Å². The van der Waals surface area contributed by atoms with Crippen molar-refractivity contribution >= 4 is 27.5 Å². The van der Waals surface area contributed by atoms with Crippen molar-refractivity contribution in [3.8, 4) is 17.9 Å². The van der Waals surface area contributed by atoms with Crippen molar-refractivity contribution < 1.29 is 4.79 Å². The molecule has 1 N–H and O–H groups in total. The molecule has 0 unspecified atom stereocenters. The molecule has 2 aromatic carbocycles. The molecule has 0 radical (unpaired) electrons. The number of nitrogens with zero attached hydrogens (tertiary/aromatic N) is 1. The Balaban J connectivity index is 2.16. The number of anilines is 1. The van der Waals surface area contributed by atoms with Crippen LogP contribution in [0.15, 0.2) is 53.0 Å². The molecule has 1 amide bonds. The first kappa shape index (κ1) is 13.9. The monoisotopic (exact) mass is 324 g/mol. The van der Waals surface area contributed by atoms with Gasteiger partial charge in [-0.15, -0.1) is 0 Å². The lowest BCUT2D eigenvalue weighted by Crippen LogP contribution is -2.09. The summed E-state index contributed by atoms with van der Waals surface area (Å²) in [5.41, 5.74) is 1.59. The lowest BCUT2D eigenvalue weighted by atomic mass is 10.2. The van der Waals surface area contributed by atoms with Crippen LogP contribution in [0.5, 0.6) is 0 Å². The van der Waals surface area contributed by atoms with E-state index >= 15 is 0 Å². The number of hydrogen-bond donors (Lipinski definition) is 1. The van der Waals surface area contributed by atoms with Crippen molar-refractivity contribution in [3.05, 3.63) is 64.1 Å². The Hall–Kier alpha value is -2.56. The molecule has 0 spiro atoms. The normalized spacial score (nSPS) is 9.00. The summed E-state index contributed by atoms with van der Waals surface area (Å²) in [5, 5.41) is 11.6. The van der Waals surface area contributed by atoms with Crippen molar-refractivity contribution in [2.24, 2.45) is 0 Å². The molecule has 3 nitrogen and oxygen atoms in total. The summed E-state index contributed by atoms with van der Waals surface area (Å²) >= 11 is 3.29. The summed E-state index contributed by atoms with van der Waals surface area (Å²) in [6, 6.07) is 16.3. The van der Waals surface area contributed by atoms with Crippen LogP contribution in [0.2, 0.25) is 0 Å². The molecule has 0 aliphatic heterocycles. The zero-order valence-corrected chi connectivity index (χ0v) is 11.9. The molecule has 0 fully saturated rings. The van der Waals surface area contributed by atoms with Gasteiger partial charge in [-0.05, 0) is 30.3 Å². The van der Waals surface area contributed by atoms with Crippen molar-refractivity contribution in [2.75, 3.05) is 5.32 Å². The van der Waals surface area contributed by atoms with Gasteiger partial charge < -0.3 is 5.32 Å². The Labute approximate surface area is 125 Å². The van der Waals surface area contributed by atoms with Crippen LogP contribution >= 0.6 is 15.9 Å². The first-order valence-corrected chi connectivity index (χ1v) is 6.56. The van der Waals surface area contributed by atoms with Crippen LogP contribution in [0.25, 0.3) is 0 Å². The minimum Gasteiger partial charge on any atom is -0.314 e. The minimum atomic E-state index is -0.455. The highest BCUT2D eigenvalue weighted by Gasteiger charge is 2.05. The summed E-state index contributed by atoms with van der Waals surface area (Å²) in [6.07, 6.45) is 0. The van der Waals surface area contributed by atoms with Gasteiger partial charge in [0.15, 0.2) is 0 Å². The summed E-state index contributed by atoms with van der Waals surface area (Å²) in [5.74, 6) is 4.80. The van der Waals surface area contributed by atoms with Crippen molar-refractivity contribution in [1.29, 1.82) is 5.26 Å². The third kappa shape index (κ3) is 3.71. The summed E-state index contributed by atoms with van der Waals surface area (Å²) in [4.78, 5) is 11.8. The van der Waals surface area contributed by atoms with E-state index in [0.29, 0.717) is 11.3 Å². The maximum atomic E-state index is 11.8. The van der Waals surface area contributed by atoms with Gasteiger partial charge in [-0.1, -0.05) is 40.0 Å². The second-order valence-corrected chi connectivity index (χ2v) is 4.79. The topological polar surface area (TPSA) is 52.9 Å². The number of halogens is 1. The van der Waals surface area contributed by atoms with Crippen LogP contribution < -0.4 is 5.32 Å². The third-order valence-corrected chi connectivity index (χ3v) is 2.94. The van der Waals surface area contributed by atoms with E-state index in [1.165, 1.54) is 0 Å². The molecule has 2 rings (SSSR count). The molecule has 20 heavy (non-hydrogen) atoms. The maximum absolute atomic E-state index is 11.8. The molecule has 0 aliphatic rings. The number of rotatable bonds is 1. The molecule has 4 heteroatoms. The fourth-order valence-electron chi connectivity index (χ4n) is 1.52. The van der Waals surface area contributed by atoms with Crippen LogP contribution in [0.1, 0.15) is 11.1 Å². The fourth-order valence-corrected chi connectivity index (χ4v) is 1.88. The fraction of sp³-hybridized carbons (Fsp3) is 0. The molecule has 2 aromatic rings. The first-order chi connectivity index (χ1) is 9.69. The SMILES string of the molecule is N#Cc1ccc(Br)cc1NC(=O)C#Cc1ccccc1. The van der Waals surface area contributed by atoms with Crippen molar-refractivity contribution in [3.63, 3.8) is 0 Å². The molecular formula is C16H9BrN2O. The van der Waals surface area contributed by atoms with Gasteiger partial charge >= 0.3 is 5.91 Å². The Kier molecular flexibility index (Phi) is 4.55. The average Bonchev–Trinajstić information content (AvgIpc) is 2.46. The molecule has 0 bridgehead atoms. The summed E-state index contributed by atoms with van der Waals surface area (Å²) in [7, 11) is 0. The van der Waals surface area contributed by atoms with Gasteiger partial charge in [0.25, 0.3) is 0 Å². The third-order valence-electron chi connectivity index (χ3n) is 2.44. The predicted molar refractivity (Wildman–Crippen MR) is 80.8 cm³/mol. The van der Waals surface area contributed by atoms with Crippen LogP contribution in [-0.4, -0.2) is 5.91 Å². The quantitative estimate of drug-likeness (QED) is 0.818. The second-order valence-electron chi connectivity index (χ2n) is 3.87. The zero-order valence-electron chi connectivity index (χ0n) is 10.4. The van der Waals surface area contributed by atoms with Gasteiger partial charge in [0.2, 0.25) is 0 Å². The number of hydrogen-bond acceptors (Lipinski definition) is 2. The Bertz CT molecular complexity index is 737. The van der Waals surface area contributed by atoms with Gasteiger partial charge in [-0.25, -0.2) is 0 Å². The lowest BCUT2D eigenvalue weighted by Gasteiger charge is -2.03. The highest BCUT2D eigenvalue weighted by molar-refractivity contribution is 9.10. The summed E-state index contributed by atoms with van der Waals surface area (Å²) < 4.78 is 0.780. The number of carbonyl (C=O) groups is 1. The molecule has 0 aromatic heterocycles. The summed E-state index contributed by atoms with van der Waals surface area (Å²) in [6.45, 7) is 0. The van der Waals surface area contributed by atoms with Crippen LogP contribution in [0.4, 0.5) is 5.69 Å². The average molecular weight is 325 g/mol. The van der Waals surface area contributed by atoms with E-state index in [1.807, 2.05) is 36.4 Å². The molecule has 0 saturated carbocycles. The van der Waals surface area contributed by atoms with E-state index in [-0.39, 0.29) is 0 Å². The standard InChI is InChI=1S/C16H9BrN2O/c17-14-8-7-13(11-18)15(10-14)19-16(20)9-6-12-4-2-1-3-5-12/h1-5,7-8,10H,(H,19,20). The van der Waals surface area contributed by atoms with Crippen LogP contribution in [-0.2, 0) is 4.79 Å². The van der Waals surface area contributed by atoms with Gasteiger partial charge in [-0.3, -0.25) is 4.79 Å². The number of amides is 1. The van der Waals surface area contributed by atoms with E-state index in [0.717, 1.165) is 10.0 Å². The molecule has 0 heterocycles. The number of benzene rings is 2. The smallest absolute Gasteiger partial charge is 0.300 e. The maximum Gasteiger partial charge on any atom is 0.300 e. The van der Waals surface area contributed by atoms with Gasteiger partial charge in [-0.2, -0.15) is 5.26 Å². The van der Waals surface area contributed by atoms with E-state index < -0.39 is 5.91 Å². The highest BCUT2D eigenvalue weighted by Crippen LogP contribution is 2.20.